The van der Waals surface area contributed by atoms with Gasteiger partial charge in [0, 0.05) is 26.7 Å². The monoisotopic (exact) mass is 460 g/mol. The normalized spacial score (nSPS) is 29.8. The molecule has 2 aliphatic carbocycles. The van der Waals surface area contributed by atoms with E-state index in [2.05, 4.69) is 34.7 Å². The molecular weight excluding hydrogens is 431 g/mol. The van der Waals surface area contributed by atoms with Gasteiger partial charge in [-0.3, -0.25) is 19.5 Å². The predicted molar refractivity (Wildman–Crippen MR) is 109 cm³/mol. The highest BCUT2D eigenvalue weighted by atomic mass is 127. The maximum Gasteiger partial charge on any atom is 0.233 e. The van der Waals surface area contributed by atoms with Crippen LogP contribution in [0.3, 0.4) is 0 Å². The zero-order valence-corrected chi connectivity index (χ0v) is 17.4. The van der Waals surface area contributed by atoms with Crippen LogP contribution in [-0.2, 0) is 9.59 Å². The molecule has 1 saturated carbocycles. The summed E-state index contributed by atoms with van der Waals surface area (Å²) >= 11 is 0. The van der Waals surface area contributed by atoms with Gasteiger partial charge in [0.05, 0.1) is 11.8 Å². The Hall–Kier alpha value is -1.12. The van der Waals surface area contributed by atoms with E-state index in [0.29, 0.717) is 24.9 Å². The third-order valence-corrected chi connectivity index (χ3v) is 5.46. The van der Waals surface area contributed by atoms with Crippen LogP contribution in [0, 0.1) is 23.7 Å². The molecule has 25 heavy (non-hydrogen) atoms. The van der Waals surface area contributed by atoms with Gasteiger partial charge < -0.3 is 10.6 Å². The van der Waals surface area contributed by atoms with Gasteiger partial charge in [-0.1, -0.05) is 25.5 Å². The van der Waals surface area contributed by atoms with E-state index in [1.807, 2.05) is 0 Å². The Balaban J connectivity index is 0.00000225. The summed E-state index contributed by atoms with van der Waals surface area (Å²) in [7, 11) is 1.75. The summed E-state index contributed by atoms with van der Waals surface area (Å²) in [6, 6.07) is 0. The molecule has 0 spiro atoms. The van der Waals surface area contributed by atoms with E-state index in [1.165, 1.54) is 4.90 Å². The zero-order valence-electron chi connectivity index (χ0n) is 15.0. The Morgan fingerprint density at radius 1 is 1.12 bits per heavy atom. The third kappa shape index (κ3) is 4.01. The number of carbonyl (C=O) groups is 2. The number of aliphatic imine (C=N–C) groups is 1. The number of hydrogen-bond acceptors (Lipinski definition) is 3. The molecule has 2 N–H and O–H groups in total. The molecule has 2 bridgehead atoms. The predicted octanol–water partition coefficient (Wildman–Crippen LogP) is 1.77. The Morgan fingerprint density at radius 2 is 1.68 bits per heavy atom. The standard InChI is InChI=1S/C18H28N4O2.HI/c1-3-4-8-20-18(19-2)21-9-5-10-22-16(23)14-12-6-7-13(11-12)15(14)17(22)24;/h6-7,12-15H,3-5,8-11H2,1-2H3,(H2,19,20,21);1H. The van der Waals surface area contributed by atoms with Crippen LogP contribution in [0.15, 0.2) is 17.1 Å². The van der Waals surface area contributed by atoms with Gasteiger partial charge in [0.15, 0.2) is 5.96 Å². The Kier molecular flexibility index (Phi) is 7.27. The lowest BCUT2D eigenvalue weighted by atomic mass is 9.85. The SMILES string of the molecule is CCCCNC(=NC)NCCCN1C(=O)C2C3C=CC(C3)C2C1=O.I. The van der Waals surface area contributed by atoms with Gasteiger partial charge in [-0.2, -0.15) is 0 Å². The fourth-order valence-corrected chi connectivity index (χ4v) is 4.23. The summed E-state index contributed by atoms with van der Waals surface area (Å²) < 4.78 is 0. The molecule has 4 unspecified atom stereocenters. The lowest BCUT2D eigenvalue weighted by Crippen LogP contribution is -2.40. The number of carbonyl (C=O) groups excluding carboxylic acids is 2. The quantitative estimate of drug-likeness (QED) is 0.152. The number of nitrogens with one attached hydrogen (secondary N) is 2. The first kappa shape index (κ1) is 20.2. The molecule has 3 aliphatic rings. The van der Waals surface area contributed by atoms with Crippen LogP contribution >= 0.6 is 24.0 Å². The van der Waals surface area contributed by atoms with Crippen molar-refractivity contribution < 1.29 is 9.59 Å². The van der Waals surface area contributed by atoms with Gasteiger partial charge >= 0.3 is 0 Å². The minimum atomic E-state index is -0.0797. The van der Waals surface area contributed by atoms with E-state index in [0.717, 1.165) is 38.2 Å². The van der Waals surface area contributed by atoms with Crippen molar-refractivity contribution in [3.05, 3.63) is 12.2 Å². The van der Waals surface area contributed by atoms with Gasteiger partial charge in [-0.05, 0) is 31.1 Å². The van der Waals surface area contributed by atoms with E-state index in [9.17, 15) is 9.59 Å². The van der Waals surface area contributed by atoms with Gasteiger partial charge in [-0.25, -0.2) is 0 Å². The van der Waals surface area contributed by atoms with Gasteiger partial charge in [-0.15, -0.1) is 24.0 Å². The molecule has 2 amide bonds. The van der Waals surface area contributed by atoms with Crippen LogP contribution in [0.5, 0.6) is 0 Å². The number of halogens is 1. The molecule has 2 fully saturated rings. The van der Waals surface area contributed by atoms with Crippen LogP contribution in [-0.4, -0.2) is 49.4 Å². The van der Waals surface area contributed by atoms with Crippen molar-refractivity contribution >= 4 is 41.8 Å². The number of likely N-dealkylation sites (tertiary alicyclic amines) is 1. The van der Waals surface area contributed by atoms with Crippen molar-refractivity contribution in [2.24, 2.45) is 28.7 Å². The maximum absolute atomic E-state index is 12.6. The molecule has 4 atom stereocenters. The summed E-state index contributed by atoms with van der Waals surface area (Å²) in [6.07, 6.45) is 8.25. The smallest absolute Gasteiger partial charge is 0.233 e. The number of rotatable bonds is 7. The van der Waals surface area contributed by atoms with E-state index < -0.39 is 0 Å². The highest BCUT2D eigenvalue weighted by molar-refractivity contribution is 14.0. The minimum Gasteiger partial charge on any atom is -0.356 e. The first-order chi connectivity index (χ1) is 11.7. The Morgan fingerprint density at radius 3 is 2.20 bits per heavy atom. The van der Waals surface area contributed by atoms with Crippen molar-refractivity contribution in [3.8, 4) is 0 Å². The molecule has 3 rings (SSSR count). The molecule has 0 aromatic carbocycles. The van der Waals surface area contributed by atoms with E-state index in [4.69, 9.17) is 0 Å². The number of unbranched alkanes of at least 4 members (excludes halogenated alkanes) is 1. The van der Waals surface area contributed by atoms with Crippen molar-refractivity contribution in [1.82, 2.24) is 15.5 Å². The molecular formula is C18H29IN4O2. The number of amides is 2. The molecule has 1 aliphatic heterocycles. The number of nitrogens with zero attached hydrogens (tertiary/aromatic N) is 2. The molecule has 140 valence electrons. The van der Waals surface area contributed by atoms with Crippen LogP contribution in [0.1, 0.15) is 32.6 Å². The van der Waals surface area contributed by atoms with Crippen LogP contribution < -0.4 is 10.6 Å². The Labute approximate surface area is 166 Å². The number of guanidine groups is 1. The molecule has 0 aromatic heterocycles. The molecule has 6 nitrogen and oxygen atoms in total. The first-order valence-corrected chi connectivity index (χ1v) is 9.15. The lowest BCUT2D eigenvalue weighted by molar-refractivity contribution is -0.140. The molecule has 1 heterocycles. The summed E-state index contributed by atoms with van der Waals surface area (Å²) in [4.78, 5) is 30.8. The molecule has 0 radical (unpaired) electrons. The van der Waals surface area contributed by atoms with Crippen molar-refractivity contribution in [3.63, 3.8) is 0 Å². The average molecular weight is 460 g/mol. The summed E-state index contributed by atoms with van der Waals surface area (Å²) in [5.74, 6) is 1.30. The average Bonchev–Trinajstić information content (AvgIpc) is 3.26. The number of fused-ring (bicyclic) bond motifs is 5. The largest absolute Gasteiger partial charge is 0.356 e. The van der Waals surface area contributed by atoms with E-state index in [1.54, 1.807) is 7.05 Å². The maximum atomic E-state index is 12.6. The van der Waals surface area contributed by atoms with Crippen LogP contribution in [0.4, 0.5) is 0 Å². The van der Waals surface area contributed by atoms with Crippen molar-refractivity contribution in [1.29, 1.82) is 0 Å². The first-order valence-electron chi connectivity index (χ1n) is 9.15. The Bertz CT molecular complexity index is 533. The second-order valence-corrected chi connectivity index (χ2v) is 6.96. The van der Waals surface area contributed by atoms with E-state index >= 15 is 0 Å². The second kappa shape index (κ2) is 9.00. The van der Waals surface area contributed by atoms with Gasteiger partial charge in [0.2, 0.25) is 11.8 Å². The van der Waals surface area contributed by atoms with Crippen LogP contribution in [0.25, 0.3) is 0 Å². The molecule has 7 heteroatoms. The second-order valence-electron chi connectivity index (χ2n) is 6.96. The summed E-state index contributed by atoms with van der Waals surface area (Å²) in [5.41, 5.74) is 0. The lowest BCUT2D eigenvalue weighted by Gasteiger charge is -2.18. The fourth-order valence-electron chi connectivity index (χ4n) is 4.23. The highest BCUT2D eigenvalue weighted by Crippen LogP contribution is 2.52. The van der Waals surface area contributed by atoms with Crippen LogP contribution in [0.2, 0.25) is 0 Å². The van der Waals surface area contributed by atoms with Crippen molar-refractivity contribution in [2.45, 2.75) is 32.6 Å². The number of allylic oxidation sites excluding steroid dienone is 2. The number of imide groups is 1. The van der Waals surface area contributed by atoms with E-state index in [-0.39, 0.29) is 47.6 Å². The summed E-state index contributed by atoms with van der Waals surface area (Å²) in [6.45, 7) is 4.25. The molecule has 0 aromatic rings. The topological polar surface area (TPSA) is 73.8 Å². The highest BCUT2D eigenvalue weighted by Gasteiger charge is 2.58. The van der Waals surface area contributed by atoms with Crippen molar-refractivity contribution in [2.75, 3.05) is 26.7 Å². The summed E-state index contributed by atoms with van der Waals surface area (Å²) in [5, 5.41) is 6.49. The third-order valence-electron chi connectivity index (χ3n) is 5.46. The minimum absolute atomic E-state index is 0. The molecule has 1 saturated heterocycles. The van der Waals surface area contributed by atoms with Gasteiger partial charge in [0.25, 0.3) is 0 Å². The van der Waals surface area contributed by atoms with Gasteiger partial charge in [0.1, 0.15) is 0 Å². The number of hydrogen-bond donors (Lipinski definition) is 2. The fraction of sp³-hybridized carbons (Fsp3) is 0.722. The zero-order chi connectivity index (χ0) is 17.1.